The van der Waals surface area contributed by atoms with Crippen LogP contribution in [0.25, 0.3) is 0 Å². The first-order chi connectivity index (χ1) is 8.79. The zero-order valence-electron chi connectivity index (χ0n) is 12.9. The van der Waals surface area contributed by atoms with Gasteiger partial charge in [0.25, 0.3) is 0 Å². The topological polar surface area (TPSA) is 38.5 Å². The summed E-state index contributed by atoms with van der Waals surface area (Å²) in [5.41, 5.74) is 7.99. The fraction of sp³-hybridized carbons (Fsp3) is 0.625. The summed E-state index contributed by atoms with van der Waals surface area (Å²) in [4.78, 5) is 2.39. The van der Waals surface area contributed by atoms with Crippen LogP contribution in [0.5, 0.6) is 0 Å². The smallest absolute Gasteiger partial charge is 0.0600 e. The van der Waals surface area contributed by atoms with Crippen LogP contribution in [0, 0.1) is 0 Å². The maximum Gasteiger partial charge on any atom is 0.0600 e. The van der Waals surface area contributed by atoms with Crippen LogP contribution < -0.4 is 5.73 Å². The zero-order chi connectivity index (χ0) is 14.5. The largest absolute Gasteiger partial charge is 0.398 e. The Morgan fingerprint density at radius 2 is 1.84 bits per heavy atom. The summed E-state index contributed by atoms with van der Waals surface area (Å²) in [5.74, 6) is 0. The van der Waals surface area contributed by atoms with E-state index in [2.05, 4.69) is 45.6 Å². The molecule has 1 aromatic carbocycles. The van der Waals surface area contributed by atoms with E-state index < -0.39 is 0 Å². The predicted molar refractivity (Wildman–Crippen MR) is 82.1 cm³/mol. The molecule has 19 heavy (non-hydrogen) atoms. The van der Waals surface area contributed by atoms with Crippen molar-refractivity contribution in [3.63, 3.8) is 0 Å². The molecule has 0 fully saturated rings. The molecular formula is C16H28N2O. The highest BCUT2D eigenvalue weighted by molar-refractivity contribution is 5.46. The maximum absolute atomic E-state index is 6.01. The average Bonchev–Trinajstić information content (AvgIpc) is 2.28. The van der Waals surface area contributed by atoms with Crippen molar-refractivity contribution in [1.29, 1.82) is 0 Å². The first kappa shape index (κ1) is 16.0. The number of rotatable bonds is 6. The van der Waals surface area contributed by atoms with Crippen molar-refractivity contribution in [2.45, 2.75) is 52.8 Å². The lowest BCUT2D eigenvalue weighted by molar-refractivity contribution is -0.0172. The molecule has 0 radical (unpaired) electrons. The molecule has 0 amide bonds. The van der Waals surface area contributed by atoms with Gasteiger partial charge in [-0.2, -0.15) is 0 Å². The highest BCUT2D eigenvalue weighted by atomic mass is 16.5. The maximum atomic E-state index is 6.01. The van der Waals surface area contributed by atoms with Crippen molar-refractivity contribution in [3.05, 3.63) is 29.8 Å². The molecule has 1 rings (SSSR count). The Kier molecular flexibility index (Phi) is 5.83. The van der Waals surface area contributed by atoms with E-state index >= 15 is 0 Å². The normalized spacial score (nSPS) is 12.4. The van der Waals surface area contributed by atoms with Gasteiger partial charge < -0.3 is 10.5 Å². The number of anilines is 1. The Labute approximate surface area is 117 Å². The zero-order valence-corrected chi connectivity index (χ0v) is 12.9. The van der Waals surface area contributed by atoms with E-state index in [0.717, 1.165) is 25.4 Å². The van der Waals surface area contributed by atoms with Gasteiger partial charge in [0, 0.05) is 24.8 Å². The van der Waals surface area contributed by atoms with Gasteiger partial charge in [-0.05, 0) is 46.2 Å². The molecule has 0 heterocycles. The number of nitrogens with two attached hydrogens (primary N) is 1. The number of nitrogens with zero attached hydrogens (tertiary/aromatic N) is 1. The van der Waals surface area contributed by atoms with Gasteiger partial charge in [-0.25, -0.2) is 0 Å². The molecule has 0 atom stereocenters. The van der Waals surface area contributed by atoms with Crippen LogP contribution >= 0.6 is 0 Å². The number of nitrogen functional groups attached to an aromatic ring is 1. The van der Waals surface area contributed by atoms with Crippen molar-refractivity contribution in [3.8, 4) is 0 Å². The molecule has 0 saturated carbocycles. The van der Waals surface area contributed by atoms with Crippen LogP contribution in [0.1, 0.15) is 40.2 Å². The van der Waals surface area contributed by atoms with Gasteiger partial charge in [0.15, 0.2) is 0 Å². The van der Waals surface area contributed by atoms with Crippen LogP contribution in [0.15, 0.2) is 24.3 Å². The lowest BCUT2D eigenvalue weighted by atomic mass is 10.1. The van der Waals surface area contributed by atoms with Gasteiger partial charge in [-0.3, -0.25) is 4.90 Å². The molecule has 0 saturated heterocycles. The van der Waals surface area contributed by atoms with Gasteiger partial charge >= 0.3 is 0 Å². The van der Waals surface area contributed by atoms with Gasteiger partial charge in [0.05, 0.1) is 12.2 Å². The van der Waals surface area contributed by atoms with Crippen molar-refractivity contribution < 1.29 is 4.74 Å². The summed E-state index contributed by atoms with van der Waals surface area (Å²) in [5, 5.41) is 0. The number of ether oxygens (including phenoxy) is 1. The van der Waals surface area contributed by atoms with Gasteiger partial charge in [-0.1, -0.05) is 18.2 Å². The Bertz CT molecular complexity index is 383. The predicted octanol–water partition coefficient (Wildman–Crippen LogP) is 3.29. The Hall–Kier alpha value is -1.06. The SMILES string of the molecule is CC(C)N(CCOC(C)(C)C)Cc1ccccc1N. The standard InChI is InChI=1S/C16H28N2O/c1-13(2)18(10-11-19-16(3,4)5)12-14-8-6-7-9-15(14)17/h6-9,13H,10-12,17H2,1-5H3. The third-order valence-corrected chi connectivity index (χ3v) is 3.07. The molecule has 0 aliphatic carbocycles. The second kappa shape index (κ2) is 6.92. The molecule has 0 spiro atoms. The lowest BCUT2D eigenvalue weighted by Crippen LogP contribution is -2.35. The summed E-state index contributed by atoms with van der Waals surface area (Å²) in [6.45, 7) is 13.2. The lowest BCUT2D eigenvalue weighted by Gasteiger charge is -2.29. The van der Waals surface area contributed by atoms with Gasteiger partial charge in [0.1, 0.15) is 0 Å². The summed E-state index contributed by atoms with van der Waals surface area (Å²) in [6, 6.07) is 8.54. The van der Waals surface area contributed by atoms with Crippen LogP contribution in [-0.2, 0) is 11.3 Å². The van der Waals surface area contributed by atoms with Crippen molar-refractivity contribution >= 4 is 5.69 Å². The quantitative estimate of drug-likeness (QED) is 0.801. The van der Waals surface area contributed by atoms with Crippen molar-refractivity contribution in [2.75, 3.05) is 18.9 Å². The van der Waals surface area contributed by atoms with E-state index in [9.17, 15) is 0 Å². The molecule has 3 nitrogen and oxygen atoms in total. The van der Waals surface area contributed by atoms with Crippen LogP contribution in [0.2, 0.25) is 0 Å². The highest BCUT2D eigenvalue weighted by Crippen LogP contribution is 2.15. The average molecular weight is 264 g/mol. The minimum atomic E-state index is -0.0750. The molecular weight excluding hydrogens is 236 g/mol. The van der Waals surface area contributed by atoms with Crippen LogP contribution in [-0.4, -0.2) is 29.7 Å². The molecule has 108 valence electrons. The monoisotopic (exact) mass is 264 g/mol. The molecule has 0 unspecified atom stereocenters. The minimum absolute atomic E-state index is 0.0750. The Balaban J connectivity index is 2.57. The van der Waals surface area contributed by atoms with Crippen molar-refractivity contribution in [1.82, 2.24) is 4.90 Å². The number of hydrogen-bond donors (Lipinski definition) is 1. The van der Waals surface area contributed by atoms with Gasteiger partial charge in [0.2, 0.25) is 0 Å². The van der Waals surface area contributed by atoms with Crippen molar-refractivity contribution in [2.24, 2.45) is 0 Å². The molecule has 1 aromatic rings. The minimum Gasteiger partial charge on any atom is -0.398 e. The fourth-order valence-electron chi connectivity index (χ4n) is 1.89. The summed E-state index contributed by atoms with van der Waals surface area (Å²) in [7, 11) is 0. The first-order valence-corrected chi connectivity index (χ1v) is 7.01. The third kappa shape index (κ3) is 6.08. The molecule has 0 aliphatic heterocycles. The highest BCUT2D eigenvalue weighted by Gasteiger charge is 2.14. The number of hydrogen-bond acceptors (Lipinski definition) is 3. The van der Waals surface area contributed by atoms with E-state index in [1.807, 2.05) is 18.2 Å². The van der Waals surface area contributed by atoms with Gasteiger partial charge in [-0.15, -0.1) is 0 Å². The van der Waals surface area contributed by atoms with E-state index in [-0.39, 0.29) is 5.60 Å². The first-order valence-electron chi connectivity index (χ1n) is 7.01. The summed E-state index contributed by atoms with van der Waals surface area (Å²) < 4.78 is 5.81. The second-order valence-electron chi connectivity index (χ2n) is 6.22. The fourth-order valence-corrected chi connectivity index (χ4v) is 1.89. The Morgan fingerprint density at radius 1 is 1.21 bits per heavy atom. The van der Waals surface area contributed by atoms with E-state index in [0.29, 0.717) is 6.04 Å². The molecule has 0 bridgehead atoms. The molecule has 2 N–H and O–H groups in total. The van der Waals surface area contributed by atoms with E-state index in [1.165, 1.54) is 5.56 Å². The third-order valence-electron chi connectivity index (χ3n) is 3.07. The van der Waals surface area contributed by atoms with Crippen LogP contribution in [0.3, 0.4) is 0 Å². The van der Waals surface area contributed by atoms with E-state index in [4.69, 9.17) is 10.5 Å². The van der Waals surface area contributed by atoms with Crippen LogP contribution in [0.4, 0.5) is 5.69 Å². The summed E-state index contributed by atoms with van der Waals surface area (Å²) in [6.07, 6.45) is 0. The number of benzene rings is 1. The van der Waals surface area contributed by atoms with E-state index in [1.54, 1.807) is 0 Å². The molecule has 3 heteroatoms. The molecule has 0 aliphatic rings. The molecule has 0 aromatic heterocycles. The second-order valence-corrected chi connectivity index (χ2v) is 6.22. The summed E-state index contributed by atoms with van der Waals surface area (Å²) >= 11 is 0. The Morgan fingerprint density at radius 3 is 2.37 bits per heavy atom. The number of para-hydroxylation sites is 1.